The molecule has 3 rings (SSSR count). The first-order valence-electron chi connectivity index (χ1n) is 12.3. The number of nitrogens with two attached hydrogens (primary N) is 1. The summed E-state index contributed by atoms with van der Waals surface area (Å²) in [7, 11) is 0. The lowest BCUT2D eigenvalue weighted by Gasteiger charge is -2.23. The third-order valence-corrected chi connectivity index (χ3v) is 6.11. The topological polar surface area (TPSA) is 204 Å². The van der Waals surface area contributed by atoms with Crippen LogP contribution in [0.1, 0.15) is 24.5 Å². The molecule has 4 unspecified atom stereocenters. The van der Waals surface area contributed by atoms with Crippen LogP contribution in [0.25, 0.3) is 10.9 Å². The first-order valence-corrected chi connectivity index (χ1v) is 12.3. The van der Waals surface area contributed by atoms with Crippen molar-refractivity contribution in [3.8, 4) is 0 Å². The van der Waals surface area contributed by atoms with E-state index in [-0.39, 0.29) is 12.8 Å². The van der Waals surface area contributed by atoms with Crippen LogP contribution < -0.4 is 21.7 Å². The molecule has 0 spiro atoms. The van der Waals surface area contributed by atoms with E-state index < -0.39 is 60.2 Å². The van der Waals surface area contributed by atoms with Crippen LogP contribution in [0.4, 0.5) is 0 Å². The van der Waals surface area contributed by atoms with E-state index >= 15 is 0 Å². The number of benzene rings is 2. The molecule has 12 heteroatoms. The number of H-pyrrole nitrogens is 1. The summed E-state index contributed by atoms with van der Waals surface area (Å²) < 4.78 is 0. The number of amides is 3. The maximum Gasteiger partial charge on any atom is 0.326 e. The predicted octanol–water partition coefficient (Wildman–Crippen LogP) is 0.314. The standard InChI is InChI=1S/C27H31N5O7/c1-15(30-25(36)19(28)11-16-7-3-2-4-8-16)24(35)31-21(13-23(33)34)26(37)32-22(27(38)39)12-17-14-29-20-10-6-5-9-18(17)20/h2-10,14-15,19,21-22,29H,11-13,28H2,1H3,(H,30,36)(H,31,35)(H,32,37)(H,33,34)(H,38,39). The number of carboxylic acid groups (broad SMARTS) is 2. The summed E-state index contributed by atoms with van der Waals surface area (Å²) in [5, 5.41) is 26.8. The largest absolute Gasteiger partial charge is 0.481 e. The van der Waals surface area contributed by atoms with Crippen molar-refractivity contribution in [2.24, 2.45) is 5.73 Å². The van der Waals surface area contributed by atoms with Crippen LogP contribution in [0.3, 0.4) is 0 Å². The predicted molar refractivity (Wildman–Crippen MR) is 141 cm³/mol. The second kappa shape index (κ2) is 13.2. The van der Waals surface area contributed by atoms with Gasteiger partial charge in [0.1, 0.15) is 18.1 Å². The van der Waals surface area contributed by atoms with E-state index in [1.807, 2.05) is 18.2 Å². The van der Waals surface area contributed by atoms with Crippen molar-refractivity contribution in [2.45, 2.75) is 50.4 Å². The highest BCUT2D eigenvalue weighted by Gasteiger charge is 2.30. The van der Waals surface area contributed by atoms with Crippen LogP contribution in [-0.4, -0.2) is 69.0 Å². The second-order valence-electron chi connectivity index (χ2n) is 9.15. The number of nitrogens with one attached hydrogen (secondary N) is 4. The number of aliphatic carboxylic acids is 2. The highest BCUT2D eigenvalue weighted by molar-refractivity contribution is 5.95. The monoisotopic (exact) mass is 537 g/mol. The van der Waals surface area contributed by atoms with Gasteiger partial charge in [-0.05, 0) is 30.5 Å². The van der Waals surface area contributed by atoms with Gasteiger partial charge in [0, 0.05) is 23.5 Å². The number of para-hydroxylation sites is 1. The Morgan fingerprint density at radius 1 is 0.821 bits per heavy atom. The number of aromatic amines is 1. The third kappa shape index (κ3) is 8.14. The van der Waals surface area contributed by atoms with Gasteiger partial charge in [-0.15, -0.1) is 0 Å². The molecule has 0 aliphatic heterocycles. The van der Waals surface area contributed by atoms with E-state index in [9.17, 15) is 34.2 Å². The van der Waals surface area contributed by atoms with Crippen LogP contribution in [0.15, 0.2) is 60.8 Å². The number of carbonyl (C=O) groups is 5. The SMILES string of the molecule is CC(NC(=O)C(N)Cc1ccccc1)C(=O)NC(CC(=O)O)C(=O)NC(Cc1c[nH]c2ccccc12)C(=O)O. The molecule has 8 N–H and O–H groups in total. The number of fused-ring (bicyclic) bond motifs is 1. The Morgan fingerprint density at radius 2 is 1.46 bits per heavy atom. The lowest BCUT2D eigenvalue weighted by Crippen LogP contribution is -2.57. The molecule has 1 aromatic heterocycles. The summed E-state index contributed by atoms with van der Waals surface area (Å²) in [6, 6.07) is 11.2. The molecule has 2 aromatic carbocycles. The number of hydrogen-bond acceptors (Lipinski definition) is 6. The van der Waals surface area contributed by atoms with Crippen molar-refractivity contribution in [3.05, 3.63) is 71.9 Å². The summed E-state index contributed by atoms with van der Waals surface area (Å²) >= 11 is 0. The van der Waals surface area contributed by atoms with Gasteiger partial charge in [-0.25, -0.2) is 4.79 Å². The maximum atomic E-state index is 12.9. The maximum absolute atomic E-state index is 12.9. The number of carbonyl (C=O) groups excluding carboxylic acids is 3. The first kappa shape index (κ1) is 28.9. The molecule has 0 radical (unpaired) electrons. The number of aromatic nitrogens is 1. The van der Waals surface area contributed by atoms with Crippen molar-refractivity contribution in [1.82, 2.24) is 20.9 Å². The van der Waals surface area contributed by atoms with Crippen molar-refractivity contribution < 1.29 is 34.2 Å². The summed E-state index contributed by atoms with van der Waals surface area (Å²) in [6.07, 6.45) is 0.990. The highest BCUT2D eigenvalue weighted by Crippen LogP contribution is 2.19. The zero-order chi connectivity index (χ0) is 28.5. The van der Waals surface area contributed by atoms with E-state index in [1.54, 1.807) is 42.6 Å². The molecule has 206 valence electrons. The van der Waals surface area contributed by atoms with Crippen molar-refractivity contribution in [1.29, 1.82) is 0 Å². The zero-order valence-corrected chi connectivity index (χ0v) is 21.2. The minimum atomic E-state index is -1.59. The molecule has 1 heterocycles. The van der Waals surface area contributed by atoms with Crippen molar-refractivity contribution >= 4 is 40.6 Å². The van der Waals surface area contributed by atoms with Gasteiger partial charge < -0.3 is 36.9 Å². The normalized spacial score (nSPS) is 14.0. The molecular formula is C27H31N5O7. The summed E-state index contributed by atoms with van der Waals surface area (Å²) in [5.74, 6) is -5.15. The van der Waals surface area contributed by atoms with E-state index in [4.69, 9.17) is 5.73 Å². The molecule has 0 fully saturated rings. The van der Waals surface area contributed by atoms with Crippen molar-refractivity contribution in [2.75, 3.05) is 0 Å². The average molecular weight is 538 g/mol. The fourth-order valence-electron chi connectivity index (χ4n) is 4.02. The van der Waals surface area contributed by atoms with E-state index in [0.717, 1.165) is 16.5 Å². The number of hydrogen-bond donors (Lipinski definition) is 7. The van der Waals surface area contributed by atoms with Gasteiger partial charge in [-0.1, -0.05) is 48.5 Å². The Morgan fingerprint density at radius 3 is 2.13 bits per heavy atom. The zero-order valence-electron chi connectivity index (χ0n) is 21.2. The Kier molecular flexibility index (Phi) is 9.76. The lowest BCUT2D eigenvalue weighted by molar-refractivity contribution is -0.143. The Bertz CT molecular complexity index is 1340. The van der Waals surface area contributed by atoms with Crippen LogP contribution >= 0.6 is 0 Å². The van der Waals surface area contributed by atoms with Gasteiger partial charge in [0.15, 0.2) is 0 Å². The van der Waals surface area contributed by atoms with Gasteiger partial charge in [-0.2, -0.15) is 0 Å². The third-order valence-electron chi connectivity index (χ3n) is 6.11. The lowest BCUT2D eigenvalue weighted by atomic mass is 10.0. The van der Waals surface area contributed by atoms with Crippen LogP contribution in [0.5, 0.6) is 0 Å². The average Bonchev–Trinajstić information content (AvgIpc) is 3.30. The first-order chi connectivity index (χ1) is 18.5. The fraction of sp³-hybridized carbons (Fsp3) is 0.296. The van der Waals surface area contributed by atoms with E-state index in [0.29, 0.717) is 5.56 Å². The molecular weight excluding hydrogens is 506 g/mol. The molecule has 4 atom stereocenters. The summed E-state index contributed by atoms with van der Waals surface area (Å²) in [6.45, 7) is 1.36. The van der Waals surface area contributed by atoms with Gasteiger partial charge in [0.25, 0.3) is 0 Å². The fourth-order valence-corrected chi connectivity index (χ4v) is 4.02. The molecule has 3 amide bonds. The minimum Gasteiger partial charge on any atom is -0.481 e. The molecule has 0 bridgehead atoms. The Hall–Kier alpha value is -4.71. The Balaban J connectivity index is 1.63. The van der Waals surface area contributed by atoms with Crippen molar-refractivity contribution in [3.63, 3.8) is 0 Å². The molecule has 39 heavy (non-hydrogen) atoms. The number of rotatable bonds is 13. The van der Waals surface area contributed by atoms with Gasteiger partial charge >= 0.3 is 11.9 Å². The minimum absolute atomic E-state index is 0.0788. The van der Waals surface area contributed by atoms with Crippen LogP contribution in [0.2, 0.25) is 0 Å². The number of carboxylic acids is 2. The second-order valence-corrected chi connectivity index (χ2v) is 9.15. The van der Waals surface area contributed by atoms with Gasteiger partial charge in [-0.3, -0.25) is 19.2 Å². The Labute approximate surface area is 224 Å². The summed E-state index contributed by atoms with van der Waals surface area (Å²) in [4.78, 5) is 64.4. The summed E-state index contributed by atoms with van der Waals surface area (Å²) in [5.41, 5.74) is 8.20. The van der Waals surface area contributed by atoms with Crippen LogP contribution in [-0.2, 0) is 36.8 Å². The molecule has 0 aliphatic carbocycles. The smallest absolute Gasteiger partial charge is 0.326 e. The molecule has 0 saturated carbocycles. The molecule has 12 nitrogen and oxygen atoms in total. The quantitative estimate of drug-likeness (QED) is 0.161. The van der Waals surface area contributed by atoms with E-state index in [2.05, 4.69) is 20.9 Å². The molecule has 3 aromatic rings. The molecule has 0 saturated heterocycles. The van der Waals surface area contributed by atoms with Gasteiger partial charge in [0.05, 0.1) is 12.5 Å². The van der Waals surface area contributed by atoms with Gasteiger partial charge in [0.2, 0.25) is 17.7 Å². The highest BCUT2D eigenvalue weighted by atomic mass is 16.4. The van der Waals surface area contributed by atoms with E-state index in [1.165, 1.54) is 6.92 Å². The van der Waals surface area contributed by atoms with Crippen LogP contribution in [0, 0.1) is 0 Å². The molecule has 0 aliphatic rings.